The van der Waals surface area contributed by atoms with E-state index in [1.54, 1.807) is 0 Å². The summed E-state index contributed by atoms with van der Waals surface area (Å²) in [5.74, 6) is -0.0377. The Balaban J connectivity index is 2.75. The third-order valence-electron chi connectivity index (χ3n) is 2.50. The molecule has 0 aliphatic carbocycles. The lowest BCUT2D eigenvalue weighted by molar-refractivity contribution is -0.142. The minimum Gasteiger partial charge on any atom is -0.467 e. The molecule has 1 rings (SSSR count). The summed E-state index contributed by atoms with van der Waals surface area (Å²) in [5.41, 5.74) is 2.14. The van der Waals surface area contributed by atoms with Gasteiger partial charge in [0.15, 0.2) is 0 Å². The van der Waals surface area contributed by atoms with E-state index in [0.29, 0.717) is 0 Å². The lowest BCUT2D eigenvalue weighted by Gasteiger charge is -2.20. The van der Waals surface area contributed by atoms with Crippen molar-refractivity contribution in [3.8, 4) is 0 Å². The van der Waals surface area contributed by atoms with E-state index < -0.39 is 0 Å². The maximum Gasteiger partial charge on any atom is 0.328 e. The number of hydrogen-bond acceptors (Lipinski definition) is 3. The molecular weight excluding hydrogens is 202 g/mol. The fourth-order valence-electron chi connectivity index (χ4n) is 1.45. The third-order valence-corrected chi connectivity index (χ3v) is 2.50. The van der Waals surface area contributed by atoms with Gasteiger partial charge >= 0.3 is 5.97 Å². The molecule has 0 aliphatic heterocycles. The van der Waals surface area contributed by atoms with Gasteiger partial charge in [0.05, 0.1) is 7.11 Å². The van der Waals surface area contributed by atoms with E-state index in [0.717, 1.165) is 5.69 Å². The molecule has 0 bridgehead atoms. The number of nitrogens with one attached hydrogen (secondary N) is 1. The second-order valence-corrected chi connectivity index (χ2v) is 4.26. The zero-order valence-electron chi connectivity index (χ0n) is 10.3. The first kappa shape index (κ1) is 12.6. The Morgan fingerprint density at radius 2 is 1.81 bits per heavy atom. The van der Waals surface area contributed by atoms with Crippen molar-refractivity contribution in [3.63, 3.8) is 0 Å². The first-order valence-electron chi connectivity index (χ1n) is 5.45. The van der Waals surface area contributed by atoms with Crippen LogP contribution in [-0.2, 0) is 9.53 Å². The van der Waals surface area contributed by atoms with E-state index in [1.807, 2.05) is 45.0 Å². The number of carbonyl (C=O) groups excluding carboxylic acids is 1. The van der Waals surface area contributed by atoms with Crippen LogP contribution >= 0.6 is 0 Å². The van der Waals surface area contributed by atoms with Gasteiger partial charge in [0.25, 0.3) is 0 Å². The van der Waals surface area contributed by atoms with Crippen LogP contribution in [0.2, 0.25) is 0 Å². The number of rotatable bonds is 4. The summed E-state index contributed by atoms with van der Waals surface area (Å²) >= 11 is 0. The number of anilines is 1. The monoisotopic (exact) mass is 221 g/mol. The molecule has 0 aliphatic rings. The molecule has 0 fully saturated rings. The molecule has 0 radical (unpaired) electrons. The van der Waals surface area contributed by atoms with Crippen LogP contribution in [0.15, 0.2) is 24.3 Å². The first-order chi connectivity index (χ1) is 7.54. The van der Waals surface area contributed by atoms with Crippen molar-refractivity contribution in [2.24, 2.45) is 5.92 Å². The van der Waals surface area contributed by atoms with Gasteiger partial charge in [0.2, 0.25) is 0 Å². The van der Waals surface area contributed by atoms with Gasteiger partial charge in [-0.1, -0.05) is 31.5 Å². The highest BCUT2D eigenvalue weighted by molar-refractivity contribution is 5.79. The van der Waals surface area contributed by atoms with Gasteiger partial charge in [-0.15, -0.1) is 0 Å². The molecule has 1 N–H and O–H groups in total. The molecule has 0 unspecified atom stereocenters. The average Bonchev–Trinajstić information content (AvgIpc) is 2.27. The van der Waals surface area contributed by atoms with Gasteiger partial charge in [0.1, 0.15) is 6.04 Å². The fraction of sp³-hybridized carbons (Fsp3) is 0.462. The number of aryl methyl sites for hydroxylation is 1. The Hall–Kier alpha value is -1.51. The number of benzene rings is 1. The summed E-state index contributed by atoms with van der Waals surface area (Å²) in [6.07, 6.45) is 0. The van der Waals surface area contributed by atoms with Gasteiger partial charge in [-0.05, 0) is 25.0 Å². The molecule has 3 nitrogen and oxygen atoms in total. The maximum absolute atomic E-state index is 11.5. The molecule has 1 aromatic rings. The van der Waals surface area contributed by atoms with Crippen molar-refractivity contribution in [2.75, 3.05) is 12.4 Å². The first-order valence-corrected chi connectivity index (χ1v) is 5.45. The minimum atomic E-state index is -0.298. The van der Waals surface area contributed by atoms with Crippen molar-refractivity contribution in [3.05, 3.63) is 29.8 Å². The predicted octanol–water partition coefficient (Wildman–Crippen LogP) is 2.60. The highest BCUT2D eigenvalue weighted by atomic mass is 16.5. The Labute approximate surface area is 96.8 Å². The van der Waals surface area contributed by atoms with E-state index in [9.17, 15) is 4.79 Å². The molecule has 3 heteroatoms. The van der Waals surface area contributed by atoms with Gasteiger partial charge in [-0.25, -0.2) is 4.79 Å². The standard InChI is InChI=1S/C13H19NO2/c1-9(2)12(13(15)16-4)14-11-7-5-10(3)6-8-11/h5-9,12,14H,1-4H3/t12-/m0/s1. The smallest absolute Gasteiger partial charge is 0.328 e. The lowest BCUT2D eigenvalue weighted by atomic mass is 10.0. The van der Waals surface area contributed by atoms with E-state index in [2.05, 4.69) is 5.32 Å². The molecular formula is C13H19NO2. The van der Waals surface area contributed by atoms with Gasteiger partial charge in [0, 0.05) is 5.69 Å². The van der Waals surface area contributed by atoms with Crippen LogP contribution < -0.4 is 5.32 Å². The van der Waals surface area contributed by atoms with Crippen LogP contribution in [0.4, 0.5) is 5.69 Å². The van der Waals surface area contributed by atoms with Crippen LogP contribution in [0.3, 0.4) is 0 Å². The predicted molar refractivity (Wildman–Crippen MR) is 65.4 cm³/mol. The molecule has 16 heavy (non-hydrogen) atoms. The van der Waals surface area contributed by atoms with E-state index >= 15 is 0 Å². The highest BCUT2D eigenvalue weighted by Gasteiger charge is 2.22. The van der Waals surface area contributed by atoms with Crippen LogP contribution in [-0.4, -0.2) is 19.1 Å². The van der Waals surface area contributed by atoms with Crippen molar-refractivity contribution in [2.45, 2.75) is 26.8 Å². The van der Waals surface area contributed by atoms with Crippen LogP contribution in [0.25, 0.3) is 0 Å². The molecule has 1 aromatic carbocycles. The molecule has 0 saturated carbocycles. The number of hydrogen-bond donors (Lipinski definition) is 1. The van der Waals surface area contributed by atoms with Gasteiger partial charge in [-0.2, -0.15) is 0 Å². The molecule has 0 spiro atoms. The Bertz CT molecular complexity index is 343. The Morgan fingerprint density at radius 3 is 2.25 bits per heavy atom. The number of methoxy groups -OCH3 is 1. The normalized spacial score (nSPS) is 12.3. The zero-order valence-corrected chi connectivity index (χ0v) is 10.3. The number of esters is 1. The maximum atomic E-state index is 11.5. The van der Waals surface area contributed by atoms with E-state index in [1.165, 1.54) is 12.7 Å². The zero-order chi connectivity index (χ0) is 12.1. The summed E-state index contributed by atoms with van der Waals surface area (Å²) in [6.45, 7) is 6.01. The lowest BCUT2D eigenvalue weighted by Crippen LogP contribution is -2.35. The summed E-state index contributed by atoms with van der Waals surface area (Å²) < 4.78 is 4.77. The molecule has 88 valence electrons. The summed E-state index contributed by atoms with van der Waals surface area (Å²) in [7, 11) is 1.41. The topological polar surface area (TPSA) is 38.3 Å². The van der Waals surface area contributed by atoms with Crippen molar-refractivity contribution >= 4 is 11.7 Å². The molecule has 0 amide bonds. The second kappa shape index (κ2) is 5.54. The van der Waals surface area contributed by atoms with E-state index in [4.69, 9.17) is 4.74 Å². The second-order valence-electron chi connectivity index (χ2n) is 4.26. The van der Waals surface area contributed by atoms with Crippen molar-refractivity contribution < 1.29 is 9.53 Å². The van der Waals surface area contributed by atoms with Crippen molar-refractivity contribution in [1.82, 2.24) is 0 Å². The van der Waals surface area contributed by atoms with Crippen LogP contribution in [0.5, 0.6) is 0 Å². The SMILES string of the molecule is COC(=O)[C@@H](Nc1ccc(C)cc1)C(C)C. The fourth-order valence-corrected chi connectivity index (χ4v) is 1.45. The molecule has 0 aromatic heterocycles. The largest absolute Gasteiger partial charge is 0.467 e. The van der Waals surface area contributed by atoms with Gasteiger partial charge in [-0.3, -0.25) is 0 Å². The Morgan fingerprint density at radius 1 is 1.25 bits per heavy atom. The van der Waals surface area contributed by atoms with Crippen molar-refractivity contribution in [1.29, 1.82) is 0 Å². The summed E-state index contributed by atoms with van der Waals surface area (Å²) in [5, 5.41) is 3.18. The third kappa shape index (κ3) is 3.26. The molecule has 0 saturated heterocycles. The summed E-state index contributed by atoms with van der Waals surface area (Å²) in [4.78, 5) is 11.5. The number of ether oxygens (including phenoxy) is 1. The summed E-state index contributed by atoms with van der Waals surface area (Å²) in [6, 6.07) is 7.66. The quantitative estimate of drug-likeness (QED) is 0.794. The highest BCUT2D eigenvalue weighted by Crippen LogP contribution is 2.14. The average molecular weight is 221 g/mol. The van der Waals surface area contributed by atoms with E-state index in [-0.39, 0.29) is 17.9 Å². The minimum absolute atomic E-state index is 0.189. The van der Waals surface area contributed by atoms with Crippen LogP contribution in [0, 0.1) is 12.8 Å². The van der Waals surface area contributed by atoms with Gasteiger partial charge < -0.3 is 10.1 Å². The molecule has 1 atom stereocenters. The number of carbonyl (C=O) groups is 1. The molecule has 0 heterocycles. The Kier molecular flexibility index (Phi) is 4.35. The van der Waals surface area contributed by atoms with Crippen LogP contribution in [0.1, 0.15) is 19.4 Å².